The van der Waals surface area contributed by atoms with Crippen molar-refractivity contribution in [3.63, 3.8) is 0 Å². The first-order valence-electron chi connectivity index (χ1n) is 7.42. The third kappa shape index (κ3) is 4.10. The molecule has 3 rings (SSSR count). The fourth-order valence-corrected chi connectivity index (χ4v) is 4.51. The van der Waals surface area contributed by atoms with Crippen molar-refractivity contribution >= 4 is 22.2 Å². The Morgan fingerprint density at radius 1 is 1.17 bits per heavy atom. The predicted molar refractivity (Wildman–Crippen MR) is 89.8 cm³/mol. The van der Waals surface area contributed by atoms with Crippen LogP contribution < -0.4 is 5.73 Å². The lowest BCUT2D eigenvalue weighted by Crippen LogP contribution is -2.19. The van der Waals surface area contributed by atoms with Crippen LogP contribution in [0.15, 0.2) is 28.8 Å². The van der Waals surface area contributed by atoms with Gasteiger partial charge in [-0.25, -0.2) is 8.42 Å². The Kier molecular flexibility index (Phi) is 5.78. The summed E-state index contributed by atoms with van der Waals surface area (Å²) >= 11 is 0. The van der Waals surface area contributed by atoms with E-state index < -0.39 is 9.84 Å². The maximum atomic E-state index is 12.3. The zero-order valence-electron chi connectivity index (χ0n) is 12.6. The Hall–Kier alpha value is -1.44. The molecule has 23 heavy (non-hydrogen) atoms. The second kappa shape index (κ2) is 7.42. The molecule has 1 aromatic heterocycles. The molecule has 1 fully saturated rings. The van der Waals surface area contributed by atoms with Crippen LogP contribution in [0.2, 0.25) is 0 Å². The van der Waals surface area contributed by atoms with Crippen LogP contribution in [0.5, 0.6) is 0 Å². The summed E-state index contributed by atoms with van der Waals surface area (Å²) in [5, 5.41) is 3.61. The van der Waals surface area contributed by atoms with E-state index in [4.69, 9.17) is 10.3 Å². The van der Waals surface area contributed by atoms with Gasteiger partial charge in [-0.1, -0.05) is 42.3 Å². The number of aromatic nitrogens is 2. The lowest BCUT2D eigenvalue weighted by molar-refractivity contribution is 0.389. The van der Waals surface area contributed by atoms with Gasteiger partial charge in [0.15, 0.2) is 9.84 Å². The van der Waals surface area contributed by atoms with Crippen molar-refractivity contribution in [1.82, 2.24) is 10.1 Å². The molecule has 0 atom stereocenters. The van der Waals surface area contributed by atoms with Crippen molar-refractivity contribution in [1.29, 1.82) is 0 Å². The molecule has 6 nitrogen and oxygen atoms in total. The van der Waals surface area contributed by atoms with E-state index in [1.807, 2.05) is 24.3 Å². The molecular formula is C15H20ClN3O3S. The lowest BCUT2D eigenvalue weighted by atomic mass is 10.1. The van der Waals surface area contributed by atoms with E-state index in [1.54, 1.807) is 0 Å². The van der Waals surface area contributed by atoms with Crippen LogP contribution in [0, 0.1) is 0 Å². The summed E-state index contributed by atoms with van der Waals surface area (Å²) in [5.41, 5.74) is 7.35. The summed E-state index contributed by atoms with van der Waals surface area (Å²) in [6.07, 6.45) is 3.44. The van der Waals surface area contributed by atoms with Gasteiger partial charge in [-0.3, -0.25) is 0 Å². The number of hydrogen-bond acceptors (Lipinski definition) is 6. The SMILES string of the molecule is Cl.NCc1ccc(-c2noc(CS(=O)(=O)C3CCCC3)n2)cc1. The minimum absolute atomic E-state index is 0. The van der Waals surface area contributed by atoms with Crippen LogP contribution in [0.3, 0.4) is 0 Å². The first kappa shape index (κ1) is 17.9. The highest BCUT2D eigenvalue weighted by molar-refractivity contribution is 7.91. The third-order valence-corrected chi connectivity index (χ3v) is 6.19. The van der Waals surface area contributed by atoms with Gasteiger partial charge in [0.1, 0.15) is 5.75 Å². The molecule has 0 saturated heterocycles. The van der Waals surface area contributed by atoms with Gasteiger partial charge in [-0.05, 0) is 18.4 Å². The average Bonchev–Trinajstić information content (AvgIpc) is 3.18. The van der Waals surface area contributed by atoms with Crippen molar-refractivity contribution in [3.05, 3.63) is 35.7 Å². The first-order valence-corrected chi connectivity index (χ1v) is 9.13. The first-order chi connectivity index (χ1) is 10.6. The molecule has 0 aliphatic heterocycles. The fraction of sp³-hybridized carbons (Fsp3) is 0.467. The van der Waals surface area contributed by atoms with Crippen LogP contribution in [-0.4, -0.2) is 23.8 Å². The van der Waals surface area contributed by atoms with Crippen LogP contribution in [0.25, 0.3) is 11.4 Å². The summed E-state index contributed by atoms with van der Waals surface area (Å²) in [6.45, 7) is 0.470. The van der Waals surface area contributed by atoms with Gasteiger partial charge in [0.2, 0.25) is 11.7 Å². The number of hydrogen-bond donors (Lipinski definition) is 1. The summed E-state index contributed by atoms with van der Waals surface area (Å²) in [7, 11) is -3.21. The molecule has 1 aliphatic rings. The molecule has 8 heteroatoms. The fourth-order valence-electron chi connectivity index (χ4n) is 2.76. The number of benzene rings is 1. The van der Waals surface area contributed by atoms with Crippen LogP contribution in [0.1, 0.15) is 37.1 Å². The highest BCUT2D eigenvalue weighted by Gasteiger charge is 2.30. The van der Waals surface area contributed by atoms with Crippen molar-refractivity contribution < 1.29 is 12.9 Å². The van der Waals surface area contributed by atoms with E-state index in [0.29, 0.717) is 12.4 Å². The summed E-state index contributed by atoms with van der Waals surface area (Å²) < 4.78 is 29.7. The highest BCUT2D eigenvalue weighted by atomic mass is 35.5. The standard InChI is InChI=1S/C15H19N3O3S.ClH/c16-9-11-5-7-12(8-6-11)15-17-14(21-18-15)10-22(19,20)13-3-1-2-4-13;/h5-8,13H,1-4,9-10,16H2;1H. The minimum atomic E-state index is -3.21. The van der Waals surface area contributed by atoms with Crippen molar-refractivity contribution in [2.45, 2.75) is 43.2 Å². The Morgan fingerprint density at radius 2 is 1.83 bits per heavy atom. The molecule has 2 aromatic rings. The number of rotatable bonds is 5. The Bertz CT molecular complexity index is 738. The molecular weight excluding hydrogens is 338 g/mol. The van der Waals surface area contributed by atoms with Crippen LogP contribution in [-0.2, 0) is 22.1 Å². The molecule has 0 bridgehead atoms. The summed E-state index contributed by atoms with van der Waals surface area (Å²) in [6, 6.07) is 7.48. The smallest absolute Gasteiger partial charge is 0.242 e. The van der Waals surface area contributed by atoms with Crippen molar-refractivity contribution in [3.8, 4) is 11.4 Å². The van der Waals surface area contributed by atoms with Gasteiger partial charge in [0, 0.05) is 12.1 Å². The van der Waals surface area contributed by atoms with Crippen LogP contribution in [0.4, 0.5) is 0 Å². The maximum Gasteiger partial charge on any atom is 0.242 e. The van der Waals surface area contributed by atoms with E-state index in [2.05, 4.69) is 10.1 Å². The van der Waals surface area contributed by atoms with E-state index in [9.17, 15) is 8.42 Å². The molecule has 0 radical (unpaired) electrons. The van der Waals surface area contributed by atoms with Crippen molar-refractivity contribution in [2.24, 2.45) is 5.73 Å². The second-order valence-electron chi connectivity index (χ2n) is 5.63. The molecule has 1 heterocycles. The highest BCUT2D eigenvalue weighted by Crippen LogP contribution is 2.27. The molecule has 0 unspecified atom stereocenters. The molecule has 1 aromatic carbocycles. The average molecular weight is 358 g/mol. The number of nitrogens with two attached hydrogens (primary N) is 1. The minimum Gasteiger partial charge on any atom is -0.338 e. The van der Waals surface area contributed by atoms with Gasteiger partial charge < -0.3 is 10.3 Å². The van der Waals surface area contributed by atoms with Gasteiger partial charge in [0.25, 0.3) is 0 Å². The Morgan fingerprint density at radius 3 is 2.43 bits per heavy atom. The Labute approximate surface area is 141 Å². The number of nitrogens with zero attached hydrogens (tertiary/aromatic N) is 2. The zero-order chi connectivity index (χ0) is 15.6. The van der Waals surface area contributed by atoms with Gasteiger partial charge in [-0.2, -0.15) is 4.98 Å². The van der Waals surface area contributed by atoms with Crippen molar-refractivity contribution in [2.75, 3.05) is 0 Å². The quantitative estimate of drug-likeness (QED) is 0.882. The van der Waals surface area contributed by atoms with Gasteiger partial charge in [-0.15, -0.1) is 12.4 Å². The Balaban J connectivity index is 0.00000192. The molecule has 0 amide bonds. The van der Waals surface area contributed by atoms with E-state index in [-0.39, 0.29) is 29.3 Å². The molecule has 0 spiro atoms. The third-order valence-electron chi connectivity index (χ3n) is 4.05. The zero-order valence-corrected chi connectivity index (χ0v) is 14.3. The second-order valence-corrected chi connectivity index (χ2v) is 7.91. The van der Waals surface area contributed by atoms with E-state index in [0.717, 1.165) is 36.8 Å². The van der Waals surface area contributed by atoms with Gasteiger partial charge >= 0.3 is 0 Å². The molecule has 2 N–H and O–H groups in total. The van der Waals surface area contributed by atoms with Crippen LogP contribution >= 0.6 is 12.4 Å². The summed E-state index contributed by atoms with van der Waals surface area (Å²) in [4.78, 5) is 4.20. The van der Waals surface area contributed by atoms with E-state index in [1.165, 1.54) is 0 Å². The summed E-state index contributed by atoms with van der Waals surface area (Å²) in [5.74, 6) is 0.385. The largest absolute Gasteiger partial charge is 0.338 e. The molecule has 126 valence electrons. The predicted octanol–water partition coefficient (Wildman–Crippen LogP) is 2.47. The lowest BCUT2D eigenvalue weighted by Gasteiger charge is -2.07. The van der Waals surface area contributed by atoms with Gasteiger partial charge in [0.05, 0.1) is 5.25 Å². The maximum absolute atomic E-state index is 12.3. The normalized spacial score (nSPS) is 15.5. The van der Waals surface area contributed by atoms with E-state index >= 15 is 0 Å². The molecule has 1 aliphatic carbocycles. The topological polar surface area (TPSA) is 99.1 Å². The monoisotopic (exact) mass is 357 g/mol. The number of halogens is 1. The number of sulfone groups is 1. The molecule has 1 saturated carbocycles.